The van der Waals surface area contributed by atoms with E-state index in [4.69, 9.17) is 0 Å². The van der Waals surface area contributed by atoms with E-state index in [1.807, 2.05) is 30.5 Å². The van der Waals surface area contributed by atoms with Crippen LogP contribution in [0.5, 0.6) is 0 Å². The summed E-state index contributed by atoms with van der Waals surface area (Å²) in [6, 6.07) is 8.06. The summed E-state index contributed by atoms with van der Waals surface area (Å²) in [4.78, 5) is 20.7. The highest BCUT2D eigenvalue weighted by atomic mass is 79.9. The van der Waals surface area contributed by atoms with Gasteiger partial charge in [0.05, 0.1) is 18.4 Å². The Labute approximate surface area is 132 Å². The molecule has 2 N–H and O–H groups in total. The van der Waals surface area contributed by atoms with Gasteiger partial charge in [0.25, 0.3) is 0 Å². The molecular weight excluding hydrogens is 332 g/mol. The predicted molar refractivity (Wildman–Crippen MR) is 86.7 cm³/mol. The van der Waals surface area contributed by atoms with Crippen LogP contribution in [0.4, 0.5) is 0 Å². The first-order chi connectivity index (χ1) is 10.1. The minimum Gasteiger partial charge on any atom is -0.349 e. The summed E-state index contributed by atoms with van der Waals surface area (Å²) in [5.74, 6) is 0.985. The molecule has 2 rings (SSSR count). The van der Waals surface area contributed by atoms with E-state index in [0.717, 1.165) is 21.6 Å². The molecule has 0 aliphatic carbocycles. The molecule has 21 heavy (non-hydrogen) atoms. The Kier molecular flexibility index (Phi) is 5.52. The summed E-state index contributed by atoms with van der Waals surface area (Å²) in [6.07, 6.45) is 2.32. The smallest absolute Gasteiger partial charge is 0.223 e. The van der Waals surface area contributed by atoms with E-state index in [1.165, 1.54) is 0 Å². The topological polar surface area (TPSA) is 61.0 Å². The number of imidazole rings is 1. The van der Waals surface area contributed by atoms with Crippen LogP contribution in [-0.4, -0.2) is 41.4 Å². The number of rotatable bonds is 6. The van der Waals surface area contributed by atoms with Crippen molar-refractivity contribution in [2.24, 2.45) is 0 Å². The average molecular weight is 351 g/mol. The minimum absolute atomic E-state index is 0.122. The van der Waals surface area contributed by atoms with Crippen molar-refractivity contribution in [1.29, 1.82) is 0 Å². The third kappa shape index (κ3) is 4.68. The fraction of sp³-hybridized carbons (Fsp3) is 0.333. The van der Waals surface area contributed by atoms with Gasteiger partial charge in [-0.15, -0.1) is 0 Å². The largest absolute Gasteiger partial charge is 0.349 e. The first-order valence-corrected chi connectivity index (χ1v) is 7.56. The summed E-state index contributed by atoms with van der Waals surface area (Å²) in [5.41, 5.74) is 2.07. The van der Waals surface area contributed by atoms with Gasteiger partial charge in [0.2, 0.25) is 5.91 Å². The van der Waals surface area contributed by atoms with Gasteiger partial charge < -0.3 is 15.2 Å². The molecule has 0 aliphatic rings. The van der Waals surface area contributed by atoms with Crippen LogP contribution in [0.15, 0.2) is 34.9 Å². The van der Waals surface area contributed by atoms with Crippen molar-refractivity contribution in [3.05, 3.63) is 40.8 Å². The molecule has 0 bridgehead atoms. The number of carbonyl (C=O) groups is 1. The molecule has 0 aliphatic heterocycles. The van der Waals surface area contributed by atoms with Gasteiger partial charge in [-0.2, -0.15) is 0 Å². The number of amides is 1. The maximum absolute atomic E-state index is 11.4. The van der Waals surface area contributed by atoms with Crippen LogP contribution in [0.3, 0.4) is 0 Å². The summed E-state index contributed by atoms with van der Waals surface area (Å²) in [7, 11) is 3.53. The lowest BCUT2D eigenvalue weighted by Gasteiger charge is -2.09. The zero-order valence-electron chi connectivity index (χ0n) is 12.2. The average Bonchev–Trinajstić information content (AvgIpc) is 2.92. The quantitative estimate of drug-likeness (QED) is 0.786. The highest BCUT2D eigenvalue weighted by Crippen LogP contribution is 2.21. The molecule has 0 atom stereocenters. The monoisotopic (exact) mass is 350 g/mol. The lowest BCUT2D eigenvalue weighted by molar-refractivity contribution is -0.128. The van der Waals surface area contributed by atoms with Crippen LogP contribution < -0.4 is 5.32 Å². The maximum atomic E-state index is 11.4. The van der Waals surface area contributed by atoms with Gasteiger partial charge in [0.15, 0.2) is 0 Å². The van der Waals surface area contributed by atoms with Crippen LogP contribution in [0.1, 0.15) is 12.2 Å². The summed E-state index contributed by atoms with van der Waals surface area (Å²) in [5, 5.41) is 3.21. The third-order valence-electron chi connectivity index (χ3n) is 3.07. The predicted octanol–water partition coefficient (Wildman–Crippen LogP) is 2.41. The fourth-order valence-electron chi connectivity index (χ4n) is 1.88. The van der Waals surface area contributed by atoms with Crippen molar-refractivity contribution < 1.29 is 4.79 Å². The van der Waals surface area contributed by atoms with Gasteiger partial charge in [-0.3, -0.25) is 4.79 Å². The van der Waals surface area contributed by atoms with Crippen molar-refractivity contribution in [2.75, 3.05) is 20.6 Å². The van der Waals surface area contributed by atoms with Gasteiger partial charge in [0, 0.05) is 37.1 Å². The van der Waals surface area contributed by atoms with Crippen LogP contribution in [-0.2, 0) is 11.3 Å². The molecule has 0 saturated carbocycles. The molecule has 1 heterocycles. The first-order valence-electron chi connectivity index (χ1n) is 6.77. The van der Waals surface area contributed by atoms with Crippen molar-refractivity contribution in [3.8, 4) is 11.3 Å². The molecule has 5 nitrogen and oxygen atoms in total. The van der Waals surface area contributed by atoms with E-state index in [0.29, 0.717) is 19.5 Å². The molecule has 0 fully saturated rings. The maximum Gasteiger partial charge on any atom is 0.223 e. The molecule has 112 valence electrons. The number of nitrogens with one attached hydrogen (secondary N) is 2. The second-order valence-corrected chi connectivity index (χ2v) is 5.88. The van der Waals surface area contributed by atoms with Crippen molar-refractivity contribution in [2.45, 2.75) is 13.0 Å². The van der Waals surface area contributed by atoms with Crippen LogP contribution in [0.2, 0.25) is 0 Å². The molecule has 0 radical (unpaired) electrons. The van der Waals surface area contributed by atoms with E-state index in [1.54, 1.807) is 19.0 Å². The van der Waals surface area contributed by atoms with E-state index >= 15 is 0 Å². The Morgan fingerprint density at radius 3 is 2.95 bits per heavy atom. The molecule has 1 amide bonds. The standard InChI is InChI=1S/C15H19BrN4O/c1-20(2)15(21)6-7-17-10-14-18-9-13(19-14)11-4-3-5-12(16)8-11/h3-5,8-9,17H,6-7,10H2,1-2H3,(H,18,19). The van der Waals surface area contributed by atoms with E-state index in [-0.39, 0.29) is 5.91 Å². The molecule has 0 spiro atoms. The molecule has 0 unspecified atom stereocenters. The molecule has 0 saturated heterocycles. The number of halogens is 1. The summed E-state index contributed by atoms with van der Waals surface area (Å²) >= 11 is 3.46. The zero-order valence-corrected chi connectivity index (χ0v) is 13.8. The second-order valence-electron chi connectivity index (χ2n) is 4.97. The van der Waals surface area contributed by atoms with E-state index in [9.17, 15) is 4.79 Å². The third-order valence-corrected chi connectivity index (χ3v) is 3.56. The number of hydrogen-bond acceptors (Lipinski definition) is 3. The van der Waals surface area contributed by atoms with Crippen molar-refractivity contribution in [3.63, 3.8) is 0 Å². The molecule has 1 aromatic heterocycles. The molecule has 6 heteroatoms. The highest BCUT2D eigenvalue weighted by Gasteiger charge is 2.05. The second kappa shape index (κ2) is 7.38. The van der Waals surface area contributed by atoms with Gasteiger partial charge in [-0.1, -0.05) is 28.1 Å². The van der Waals surface area contributed by atoms with Gasteiger partial charge in [0.1, 0.15) is 5.82 Å². The summed E-state index contributed by atoms with van der Waals surface area (Å²) < 4.78 is 1.04. The van der Waals surface area contributed by atoms with Gasteiger partial charge in [-0.25, -0.2) is 4.98 Å². The number of aromatic nitrogens is 2. The lowest BCUT2D eigenvalue weighted by Crippen LogP contribution is -2.26. The van der Waals surface area contributed by atoms with E-state index in [2.05, 4.69) is 31.2 Å². The van der Waals surface area contributed by atoms with Crippen molar-refractivity contribution in [1.82, 2.24) is 20.2 Å². The lowest BCUT2D eigenvalue weighted by atomic mass is 10.2. The van der Waals surface area contributed by atoms with Crippen LogP contribution >= 0.6 is 15.9 Å². The van der Waals surface area contributed by atoms with Gasteiger partial charge in [-0.05, 0) is 12.1 Å². The first kappa shape index (κ1) is 15.7. The van der Waals surface area contributed by atoms with E-state index < -0.39 is 0 Å². The Morgan fingerprint density at radius 1 is 1.43 bits per heavy atom. The number of H-pyrrole nitrogens is 1. The number of benzene rings is 1. The van der Waals surface area contributed by atoms with Crippen LogP contribution in [0, 0.1) is 0 Å². The highest BCUT2D eigenvalue weighted by molar-refractivity contribution is 9.10. The molecule has 1 aromatic carbocycles. The Bertz CT molecular complexity index is 609. The Balaban J connectivity index is 1.85. The minimum atomic E-state index is 0.122. The number of hydrogen-bond donors (Lipinski definition) is 2. The van der Waals surface area contributed by atoms with Crippen LogP contribution in [0.25, 0.3) is 11.3 Å². The molecule has 2 aromatic rings. The molecular formula is C15H19BrN4O. The van der Waals surface area contributed by atoms with Gasteiger partial charge >= 0.3 is 0 Å². The fourth-order valence-corrected chi connectivity index (χ4v) is 2.28. The summed E-state index contributed by atoms with van der Waals surface area (Å²) in [6.45, 7) is 1.26. The SMILES string of the molecule is CN(C)C(=O)CCNCc1ncc(-c2cccc(Br)c2)[nH]1. The van der Waals surface area contributed by atoms with Crippen molar-refractivity contribution >= 4 is 21.8 Å². The Hall–Kier alpha value is -1.66. The number of carbonyl (C=O) groups excluding carboxylic acids is 1. The zero-order chi connectivity index (χ0) is 15.2. The Morgan fingerprint density at radius 2 is 2.24 bits per heavy atom. The number of nitrogens with zero attached hydrogens (tertiary/aromatic N) is 2. The number of aromatic amines is 1. The normalized spacial score (nSPS) is 10.6.